The van der Waals surface area contributed by atoms with Crippen LogP contribution < -0.4 is 5.32 Å². The van der Waals surface area contributed by atoms with Crippen LogP contribution in [-0.2, 0) is 0 Å². The molecule has 0 aromatic rings. The molecule has 2 N–H and O–H groups in total. The quantitative estimate of drug-likeness (QED) is 0.701. The van der Waals surface area contributed by atoms with Gasteiger partial charge in [-0.3, -0.25) is 0 Å². The molecule has 0 bridgehead atoms. The monoisotopic (exact) mass is 200 g/mol. The van der Waals surface area contributed by atoms with E-state index in [2.05, 4.69) is 24.1 Å². The summed E-state index contributed by atoms with van der Waals surface area (Å²) in [5.74, 6) is 0.450. The van der Waals surface area contributed by atoms with Crippen LogP contribution in [0.1, 0.15) is 26.7 Å². The highest BCUT2D eigenvalue weighted by Gasteiger charge is 2.29. The average molecular weight is 200 g/mol. The van der Waals surface area contributed by atoms with Crippen LogP contribution in [0.3, 0.4) is 0 Å². The molecule has 0 aromatic carbocycles. The molecule has 3 heteroatoms. The van der Waals surface area contributed by atoms with E-state index in [9.17, 15) is 5.11 Å². The zero-order valence-corrected chi connectivity index (χ0v) is 9.66. The van der Waals surface area contributed by atoms with Crippen LogP contribution in [0.25, 0.3) is 0 Å². The van der Waals surface area contributed by atoms with Gasteiger partial charge in [0, 0.05) is 19.1 Å². The zero-order chi connectivity index (χ0) is 10.6. The van der Waals surface area contributed by atoms with Crippen molar-refractivity contribution >= 4 is 0 Å². The Labute approximate surface area is 87.5 Å². The topological polar surface area (TPSA) is 35.5 Å². The predicted octanol–water partition coefficient (Wildman–Crippen LogP) is 0.687. The summed E-state index contributed by atoms with van der Waals surface area (Å²) in [6, 6.07) is 0.551. The lowest BCUT2D eigenvalue weighted by Crippen LogP contribution is -2.50. The fourth-order valence-corrected chi connectivity index (χ4v) is 2.31. The molecule has 3 atom stereocenters. The van der Waals surface area contributed by atoms with Gasteiger partial charge in [0.1, 0.15) is 0 Å². The number of nitrogens with zero attached hydrogens (tertiary/aromatic N) is 1. The largest absolute Gasteiger partial charge is 0.393 e. The standard InChI is InChI=1S/C11H24N2O/c1-4-11(14)9-6-10(12-3)8-13(5-2)7-9/h9-12,14H,4-8H2,1-3H3. The number of piperidine rings is 1. The van der Waals surface area contributed by atoms with Gasteiger partial charge >= 0.3 is 0 Å². The van der Waals surface area contributed by atoms with Gasteiger partial charge in [0.05, 0.1) is 6.10 Å². The summed E-state index contributed by atoms with van der Waals surface area (Å²) in [6.07, 6.45) is 1.86. The maximum atomic E-state index is 9.85. The Balaban J connectivity index is 2.51. The molecule has 1 aliphatic heterocycles. The van der Waals surface area contributed by atoms with Crippen LogP contribution in [-0.4, -0.2) is 48.8 Å². The van der Waals surface area contributed by atoms with Gasteiger partial charge in [0.2, 0.25) is 0 Å². The van der Waals surface area contributed by atoms with E-state index in [0.29, 0.717) is 12.0 Å². The molecule has 1 aliphatic rings. The lowest BCUT2D eigenvalue weighted by atomic mass is 9.88. The van der Waals surface area contributed by atoms with Gasteiger partial charge in [-0.2, -0.15) is 0 Å². The molecule has 3 unspecified atom stereocenters. The number of likely N-dealkylation sites (tertiary alicyclic amines) is 1. The molecule has 1 saturated heterocycles. The average Bonchev–Trinajstić information content (AvgIpc) is 2.27. The highest BCUT2D eigenvalue weighted by molar-refractivity contribution is 4.85. The van der Waals surface area contributed by atoms with Crippen LogP contribution in [0.15, 0.2) is 0 Å². The van der Waals surface area contributed by atoms with Crippen molar-refractivity contribution in [2.24, 2.45) is 5.92 Å². The van der Waals surface area contributed by atoms with Gasteiger partial charge in [0.15, 0.2) is 0 Å². The van der Waals surface area contributed by atoms with Crippen molar-refractivity contribution in [2.75, 3.05) is 26.7 Å². The summed E-state index contributed by atoms with van der Waals surface area (Å²) in [4.78, 5) is 2.42. The lowest BCUT2D eigenvalue weighted by Gasteiger charge is -2.39. The highest BCUT2D eigenvalue weighted by atomic mass is 16.3. The van der Waals surface area contributed by atoms with Crippen molar-refractivity contribution in [3.05, 3.63) is 0 Å². The van der Waals surface area contributed by atoms with Gasteiger partial charge in [0.25, 0.3) is 0 Å². The molecular weight excluding hydrogens is 176 g/mol. The maximum absolute atomic E-state index is 9.85. The summed E-state index contributed by atoms with van der Waals surface area (Å²) in [5, 5.41) is 13.2. The Bertz CT molecular complexity index is 151. The van der Waals surface area contributed by atoms with Crippen molar-refractivity contribution in [2.45, 2.75) is 38.8 Å². The van der Waals surface area contributed by atoms with Gasteiger partial charge < -0.3 is 15.3 Å². The van der Waals surface area contributed by atoms with E-state index in [1.165, 1.54) is 0 Å². The Kier molecular flexibility index (Phi) is 4.85. The second kappa shape index (κ2) is 5.69. The molecule has 0 radical (unpaired) electrons. The number of aliphatic hydroxyl groups is 1. The fraction of sp³-hybridized carbons (Fsp3) is 1.00. The predicted molar refractivity (Wildman–Crippen MR) is 59.4 cm³/mol. The maximum Gasteiger partial charge on any atom is 0.0578 e. The van der Waals surface area contributed by atoms with Crippen molar-refractivity contribution in [1.29, 1.82) is 0 Å². The molecule has 84 valence electrons. The van der Waals surface area contributed by atoms with Gasteiger partial charge in [-0.1, -0.05) is 13.8 Å². The van der Waals surface area contributed by atoms with Gasteiger partial charge in [-0.15, -0.1) is 0 Å². The van der Waals surface area contributed by atoms with Crippen LogP contribution in [0, 0.1) is 5.92 Å². The molecule has 3 nitrogen and oxygen atoms in total. The third-order valence-electron chi connectivity index (χ3n) is 3.38. The number of nitrogens with one attached hydrogen (secondary N) is 1. The Morgan fingerprint density at radius 2 is 2.14 bits per heavy atom. The minimum atomic E-state index is -0.125. The molecule has 1 heterocycles. The Morgan fingerprint density at radius 1 is 1.43 bits per heavy atom. The molecule has 0 aliphatic carbocycles. The SMILES string of the molecule is CCC(O)C1CC(NC)CN(CC)C1. The minimum absolute atomic E-state index is 0.125. The minimum Gasteiger partial charge on any atom is -0.393 e. The fourth-order valence-electron chi connectivity index (χ4n) is 2.31. The summed E-state index contributed by atoms with van der Waals surface area (Å²) in [5.41, 5.74) is 0. The van der Waals surface area contributed by atoms with Crippen LogP contribution in [0.5, 0.6) is 0 Å². The molecule has 0 amide bonds. The van der Waals surface area contributed by atoms with E-state index >= 15 is 0 Å². The normalized spacial score (nSPS) is 31.7. The van der Waals surface area contributed by atoms with Crippen molar-refractivity contribution < 1.29 is 5.11 Å². The molecule has 0 saturated carbocycles. The summed E-state index contributed by atoms with van der Waals surface area (Å²) < 4.78 is 0. The second-order valence-corrected chi connectivity index (χ2v) is 4.31. The van der Waals surface area contributed by atoms with Crippen molar-refractivity contribution in [3.63, 3.8) is 0 Å². The third-order valence-corrected chi connectivity index (χ3v) is 3.38. The number of likely N-dealkylation sites (N-methyl/N-ethyl adjacent to an activating group) is 2. The Morgan fingerprint density at radius 3 is 2.64 bits per heavy atom. The number of rotatable bonds is 4. The van der Waals surface area contributed by atoms with Crippen LogP contribution >= 0.6 is 0 Å². The highest BCUT2D eigenvalue weighted by Crippen LogP contribution is 2.21. The molecule has 0 spiro atoms. The van der Waals surface area contributed by atoms with Gasteiger partial charge in [-0.25, -0.2) is 0 Å². The van der Waals surface area contributed by atoms with E-state index in [0.717, 1.165) is 32.5 Å². The van der Waals surface area contributed by atoms with E-state index in [1.807, 2.05) is 7.05 Å². The zero-order valence-electron chi connectivity index (χ0n) is 9.66. The number of aliphatic hydroxyl groups excluding tert-OH is 1. The molecule has 0 aromatic heterocycles. The summed E-state index contributed by atoms with van der Waals surface area (Å²) in [6.45, 7) is 7.52. The number of hydrogen-bond donors (Lipinski definition) is 2. The van der Waals surface area contributed by atoms with Crippen molar-refractivity contribution in [1.82, 2.24) is 10.2 Å². The van der Waals surface area contributed by atoms with Gasteiger partial charge in [-0.05, 0) is 32.4 Å². The second-order valence-electron chi connectivity index (χ2n) is 4.31. The van der Waals surface area contributed by atoms with E-state index < -0.39 is 0 Å². The first-order valence-corrected chi connectivity index (χ1v) is 5.78. The summed E-state index contributed by atoms with van der Waals surface area (Å²) >= 11 is 0. The van der Waals surface area contributed by atoms with E-state index in [-0.39, 0.29) is 6.10 Å². The first kappa shape index (κ1) is 12.0. The molecule has 1 rings (SSSR count). The van der Waals surface area contributed by atoms with E-state index in [1.54, 1.807) is 0 Å². The van der Waals surface area contributed by atoms with Crippen molar-refractivity contribution in [3.8, 4) is 0 Å². The molecule has 14 heavy (non-hydrogen) atoms. The first-order chi connectivity index (χ1) is 6.71. The van der Waals surface area contributed by atoms with E-state index in [4.69, 9.17) is 0 Å². The van der Waals surface area contributed by atoms with Crippen LogP contribution in [0.2, 0.25) is 0 Å². The smallest absolute Gasteiger partial charge is 0.0578 e. The molecule has 1 fully saturated rings. The lowest BCUT2D eigenvalue weighted by molar-refractivity contribution is 0.0388. The molecular formula is C11H24N2O. The number of hydrogen-bond acceptors (Lipinski definition) is 3. The first-order valence-electron chi connectivity index (χ1n) is 5.78. The van der Waals surface area contributed by atoms with Crippen LogP contribution in [0.4, 0.5) is 0 Å². The third kappa shape index (κ3) is 2.94. The summed E-state index contributed by atoms with van der Waals surface area (Å²) in [7, 11) is 2.01. The Hall–Kier alpha value is -0.120.